The molecule has 4 aliphatic rings. The summed E-state index contributed by atoms with van der Waals surface area (Å²) in [7, 11) is -3.73. The number of hydrogen-bond acceptors (Lipinski definition) is 2. The van der Waals surface area contributed by atoms with Crippen LogP contribution >= 0.6 is 0 Å². The molecule has 4 heteroatoms. The molecule has 6 rings (SSSR count). The fourth-order valence-corrected chi connectivity index (χ4v) is 10.8. The maximum absolute atomic E-state index is 6.71. The van der Waals surface area contributed by atoms with E-state index in [0.717, 1.165) is 11.4 Å². The molecular formula is C16H21NOSi2. The zero-order valence-electron chi connectivity index (χ0n) is 12.5. The van der Waals surface area contributed by atoms with Crippen molar-refractivity contribution in [2.24, 2.45) is 0 Å². The van der Waals surface area contributed by atoms with Gasteiger partial charge in [-0.1, -0.05) is 24.3 Å². The van der Waals surface area contributed by atoms with Gasteiger partial charge in [0.05, 0.1) is 0 Å². The molecule has 2 aromatic carbocycles. The lowest BCUT2D eigenvalue weighted by atomic mass is 10.2. The van der Waals surface area contributed by atoms with Crippen molar-refractivity contribution in [1.29, 1.82) is 0 Å². The Bertz CT molecular complexity index is 562. The van der Waals surface area contributed by atoms with Gasteiger partial charge in [0.25, 0.3) is 0 Å². The molecule has 0 radical (unpaired) electrons. The lowest BCUT2D eigenvalue weighted by molar-refractivity contribution is 0.573. The minimum atomic E-state index is -1.87. The van der Waals surface area contributed by atoms with Gasteiger partial charge in [-0.25, -0.2) is 0 Å². The summed E-state index contributed by atoms with van der Waals surface area (Å²) in [6, 6.07) is 17.5. The number of rotatable bonds is 0. The second kappa shape index (κ2) is 4.58. The van der Waals surface area contributed by atoms with Gasteiger partial charge in [-0.05, 0) is 60.8 Å². The normalized spacial score (nSPS) is 19.0. The van der Waals surface area contributed by atoms with Gasteiger partial charge in [0.1, 0.15) is 0 Å². The average molecular weight is 300 g/mol. The molecule has 104 valence electrons. The molecule has 1 N–H and O–H groups in total. The van der Waals surface area contributed by atoms with Crippen LogP contribution in [0.5, 0.6) is 0 Å². The van der Waals surface area contributed by atoms with Gasteiger partial charge in [-0.15, -0.1) is 0 Å². The van der Waals surface area contributed by atoms with Gasteiger partial charge in [0.2, 0.25) is 16.6 Å². The highest BCUT2D eigenvalue weighted by molar-refractivity contribution is 6.96. The van der Waals surface area contributed by atoms with Crippen molar-refractivity contribution in [3.05, 3.63) is 48.5 Å². The topological polar surface area (TPSA) is 21.3 Å². The molecule has 2 nitrogen and oxygen atoms in total. The van der Waals surface area contributed by atoms with E-state index in [1.54, 1.807) is 0 Å². The van der Waals surface area contributed by atoms with E-state index < -0.39 is 16.6 Å². The largest absolute Gasteiger partial charge is 0.449 e. The molecule has 4 aliphatic heterocycles. The zero-order valence-corrected chi connectivity index (χ0v) is 14.5. The van der Waals surface area contributed by atoms with E-state index in [4.69, 9.17) is 4.12 Å². The highest BCUT2D eigenvalue weighted by Crippen LogP contribution is 2.21. The molecule has 0 aromatic heterocycles. The van der Waals surface area contributed by atoms with Crippen LogP contribution in [0.4, 0.5) is 11.4 Å². The van der Waals surface area contributed by atoms with E-state index in [1.165, 1.54) is 10.4 Å². The van der Waals surface area contributed by atoms with Gasteiger partial charge in [0, 0.05) is 11.4 Å². The van der Waals surface area contributed by atoms with Crippen molar-refractivity contribution in [2.75, 3.05) is 5.32 Å². The number of anilines is 2. The number of benzene rings is 2. The fourth-order valence-electron chi connectivity index (χ4n) is 2.83. The first-order valence-corrected chi connectivity index (χ1v) is 12.9. The summed E-state index contributed by atoms with van der Waals surface area (Å²) in [4.78, 5) is 0. The predicted molar refractivity (Wildman–Crippen MR) is 91.5 cm³/mol. The van der Waals surface area contributed by atoms with E-state index in [2.05, 4.69) is 80.0 Å². The molecule has 2 aromatic rings. The molecule has 0 saturated carbocycles. The highest BCUT2D eigenvalue weighted by atomic mass is 28.4. The Labute approximate surface area is 123 Å². The average Bonchev–Trinajstić information content (AvgIpc) is 2.38. The summed E-state index contributed by atoms with van der Waals surface area (Å²) in [5.41, 5.74) is 2.26. The van der Waals surface area contributed by atoms with Crippen LogP contribution in [-0.4, -0.2) is 16.6 Å². The van der Waals surface area contributed by atoms with Gasteiger partial charge >= 0.3 is 0 Å². The summed E-state index contributed by atoms with van der Waals surface area (Å²) in [6.07, 6.45) is 0. The quantitative estimate of drug-likeness (QED) is 0.754. The summed E-state index contributed by atoms with van der Waals surface area (Å²) < 4.78 is 6.71. The second-order valence-electron chi connectivity index (χ2n) is 6.40. The molecule has 0 fully saturated rings. The maximum atomic E-state index is 6.71. The lowest BCUT2D eigenvalue weighted by Crippen LogP contribution is -2.57. The molecule has 0 aliphatic carbocycles. The standard InChI is InChI=1S/C16H21NOSi2/c1-19(2)15-9-5-13(6-10-15)17-14-7-11-16(12-8-14)20(3,4)18-19/h5-12,17H,1-4H3. The Morgan fingerprint density at radius 2 is 1.00 bits per heavy atom. The van der Waals surface area contributed by atoms with E-state index in [0.29, 0.717) is 0 Å². The number of hydrogen-bond donors (Lipinski definition) is 1. The van der Waals surface area contributed by atoms with Crippen molar-refractivity contribution in [1.82, 2.24) is 0 Å². The van der Waals surface area contributed by atoms with Gasteiger partial charge in [-0.2, -0.15) is 0 Å². The molecule has 4 heterocycles. The van der Waals surface area contributed by atoms with E-state index in [9.17, 15) is 0 Å². The van der Waals surface area contributed by atoms with Crippen LogP contribution in [0.15, 0.2) is 48.5 Å². The Balaban J connectivity index is 2.16. The Morgan fingerprint density at radius 1 is 0.650 bits per heavy atom. The third-order valence-electron chi connectivity index (χ3n) is 3.96. The van der Waals surface area contributed by atoms with Crippen LogP contribution in [0.1, 0.15) is 0 Å². The van der Waals surface area contributed by atoms with Crippen LogP contribution in [0, 0.1) is 0 Å². The van der Waals surface area contributed by atoms with Crippen LogP contribution < -0.4 is 15.7 Å². The first kappa shape index (κ1) is 13.6. The SMILES string of the molecule is C[Si]1(C)O[Si](C)(C)c2ccc(cc2)Nc2ccc1cc2. The Morgan fingerprint density at radius 3 is 1.35 bits per heavy atom. The van der Waals surface area contributed by atoms with E-state index >= 15 is 0 Å². The van der Waals surface area contributed by atoms with Crippen LogP contribution in [0.3, 0.4) is 0 Å². The molecule has 0 amide bonds. The van der Waals surface area contributed by atoms with Crippen molar-refractivity contribution < 1.29 is 4.12 Å². The summed E-state index contributed by atoms with van der Waals surface area (Å²) in [5, 5.41) is 6.17. The Kier molecular flexibility index (Phi) is 3.12. The molecule has 0 spiro atoms. The van der Waals surface area contributed by atoms with Crippen molar-refractivity contribution in [3.8, 4) is 0 Å². The minimum absolute atomic E-state index is 1.13. The molecule has 0 saturated heterocycles. The zero-order chi connectivity index (χ0) is 14.4. The smallest absolute Gasteiger partial charge is 0.206 e. The van der Waals surface area contributed by atoms with E-state index in [1.807, 2.05) is 0 Å². The molecule has 0 unspecified atom stereocenters. The van der Waals surface area contributed by atoms with Gasteiger partial charge in [0.15, 0.2) is 0 Å². The highest BCUT2D eigenvalue weighted by Gasteiger charge is 2.36. The van der Waals surface area contributed by atoms with Gasteiger partial charge in [-0.3, -0.25) is 0 Å². The summed E-state index contributed by atoms with van der Waals surface area (Å²) >= 11 is 0. The third-order valence-corrected chi connectivity index (χ3v) is 11.5. The van der Waals surface area contributed by atoms with Crippen molar-refractivity contribution in [2.45, 2.75) is 26.2 Å². The Hall–Kier alpha value is -1.37. The first-order valence-electron chi connectivity index (χ1n) is 7.05. The van der Waals surface area contributed by atoms with Crippen LogP contribution in [-0.2, 0) is 4.12 Å². The van der Waals surface area contributed by atoms with Crippen LogP contribution in [0.2, 0.25) is 26.2 Å². The molecule has 0 atom stereocenters. The predicted octanol–water partition coefficient (Wildman–Crippen LogP) is 3.28. The molecular weight excluding hydrogens is 278 g/mol. The maximum Gasteiger partial charge on any atom is 0.206 e. The van der Waals surface area contributed by atoms with Gasteiger partial charge < -0.3 is 9.43 Å². The monoisotopic (exact) mass is 299 g/mol. The third kappa shape index (κ3) is 2.46. The number of nitrogens with one attached hydrogen (secondary N) is 1. The summed E-state index contributed by atoms with van der Waals surface area (Å²) in [5.74, 6) is 0. The second-order valence-corrected chi connectivity index (χ2v) is 14.4. The van der Waals surface area contributed by atoms with Crippen molar-refractivity contribution in [3.63, 3.8) is 0 Å². The fraction of sp³-hybridized carbons (Fsp3) is 0.250. The molecule has 4 bridgehead atoms. The van der Waals surface area contributed by atoms with E-state index in [-0.39, 0.29) is 0 Å². The van der Waals surface area contributed by atoms with Crippen LogP contribution in [0.25, 0.3) is 0 Å². The first-order chi connectivity index (χ1) is 9.37. The minimum Gasteiger partial charge on any atom is -0.449 e. The summed E-state index contributed by atoms with van der Waals surface area (Å²) in [6.45, 7) is 9.18. The van der Waals surface area contributed by atoms with Crippen molar-refractivity contribution >= 4 is 38.4 Å². The lowest BCUT2D eigenvalue weighted by Gasteiger charge is -2.35. The molecule has 20 heavy (non-hydrogen) atoms.